The van der Waals surface area contributed by atoms with Crippen molar-refractivity contribution < 1.29 is 19.8 Å². The van der Waals surface area contributed by atoms with Gasteiger partial charge in [-0.1, -0.05) is 18.2 Å². The average molecular weight is 294 g/mol. The van der Waals surface area contributed by atoms with Crippen LogP contribution in [0.4, 0.5) is 10.5 Å². The number of benzene rings is 1. The Labute approximate surface area is 124 Å². The van der Waals surface area contributed by atoms with Gasteiger partial charge in [-0.05, 0) is 25.5 Å². The first-order valence-corrected chi connectivity index (χ1v) is 6.96. The first-order valence-electron chi connectivity index (χ1n) is 6.96. The van der Waals surface area contributed by atoms with E-state index in [1.54, 1.807) is 6.07 Å². The van der Waals surface area contributed by atoms with Crippen LogP contribution >= 0.6 is 0 Å². The minimum Gasteiger partial charge on any atom is -0.481 e. The fraction of sp³-hybridized carbons (Fsp3) is 0.467. The number of carboxylic acid groups (broad SMARTS) is 1. The number of carbonyl (C=O) groups excluding carboxylic acids is 1. The van der Waals surface area contributed by atoms with Gasteiger partial charge in [0.15, 0.2) is 0 Å². The van der Waals surface area contributed by atoms with E-state index >= 15 is 0 Å². The number of nitrogens with zero attached hydrogens (tertiary/aromatic N) is 2. The minimum absolute atomic E-state index is 0.0982. The van der Waals surface area contributed by atoms with Crippen LogP contribution in [0.5, 0.6) is 0 Å². The molecule has 0 aliphatic rings. The van der Waals surface area contributed by atoms with E-state index in [0.29, 0.717) is 12.2 Å². The molecule has 0 fully saturated rings. The van der Waals surface area contributed by atoms with Crippen LogP contribution in [0.3, 0.4) is 0 Å². The molecule has 1 aromatic rings. The molecule has 0 unspecified atom stereocenters. The third kappa shape index (κ3) is 4.75. The van der Waals surface area contributed by atoms with Crippen LogP contribution in [0.1, 0.15) is 18.9 Å². The van der Waals surface area contributed by atoms with Gasteiger partial charge in [0, 0.05) is 25.3 Å². The Morgan fingerprint density at radius 1 is 1.19 bits per heavy atom. The maximum Gasteiger partial charge on any atom is 0.324 e. The second-order valence-electron chi connectivity index (χ2n) is 4.67. The second kappa shape index (κ2) is 8.26. The molecule has 1 rings (SSSR count). The van der Waals surface area contributed by atoms with E-state index in [4.69, 9.17) is 10.2 Å². The van der Waals surface area contributed by atoms with Crippen LogP contribution in [0.25, 0.3) is 0 Å². The highest BCUT2D eigenvalue weighted by molar-refractivity contribution is 5.93. The molecule has 0 heterocycles. The highest BCUT2D eigenvalue weighted by Gasteiger charge is 2.22. The summed E-state index contributed by atoms with van der Waals surface area (Å²) in [6.07, 6.45) is -0.128. The number of carboxylic acids is 1. The fourth-order valence-electron chi connectivity index (χ4n) is 2.07. The van der Waals surface area contributed by atoms with Gasteiger partial charge in [0.1, 0.15) is 0 Å². The van der Waals surface area contributed by atoms with Crippen LogP contribution in [0.15, 0.2) is 24.3 Å². The number of aliphatic carboxylic acids is 1. The van der Waals surface area contributed by atoms with E-state index in [2.05, 4.69) is 0 Å². The molecule has 0 aromatic heterocycles. The Balaban J connectivity index is 3.04. The van der Waals surface area contributed by atoms with E-state index in [0.717, 1.165) is 5.56 Å². The van der Waals surface area contributed by atoms with Crippen molar-refractivity contribution in [3.8, 4) is 0 Å². The molecule has 0 radical (unpaired) electrons. The lowest BCUT2D eigenvalue weighted by atomic mass is 10.2. The van der Waals surface area contributed by atoms with E-state index in [9.17, 15) is 9.59 Å². The fourth-order valence-corrected chi connectivity index (χ4v) is 2.07. The van der Waals surface area contributed by atoms with Gasteiger partial charge in [-0.3, -0.25) is 9.69 Å². The number of para-hydroxylation sites is 1. The molecule has 2 amide bonds. The zero-order chi connectivity index (χ0) is 15.8. The Hall–Kier alpha value is -2.08. The number of anilines is 1. The number of aliphatic hydroxyl groups is 1. The lowest BCUT2D eigenvalue weighted by Crippen LogP contribution is -2.45. The van der Waals surface area contributed by atoms with Crippen LogP contribution in [0.2, 0.25) is 0 Å². The van der Waals surface area contributed by atoms with E-state index in [-0.39, 0.29) is 32.1 Å². The molecule has 0 aliphatic heterocycles. The summed E-state index contributed by atoms with van der Waals surface area (Å²) >= 11 is 0. The summed E-state index contributed by atoms with van der Waals surface area (Å²) in [6, 6.07) is 7.05. The van der Waals surface area contributed by atoms with Crippen LogP contribution in [-0.2, 0) is 4.79 Å². The van der Waals surface area contributed by atoms with Gasteiger partial charge < -0.3 is 15.1 Å². The number of likely N-dealkylation sites (N-methyl/N-ethyl adjacent to an activating group) is 1. The molecule has 0 bridgehead atoms. The van der Waals surface area contributed by atoms with Gasteiger partial charge in [-0.2, -0.15) is 0 Å². The number of hydrogen-bond donors (Lipinski definition) is 2. The van der Waals surface area contributed by atoms with Crippen molar-refractivity contribution in [2.24, 2.45) is 0 Å². The lowest BCUT2D eigenvalue weighted by molar-refractivity contribution is -0.136. The quantitative estimate of drug-likeness (QED) is 0.802. The number of urea groups is 1. The lowest BCUT2D eigenvalue weighted by Gasteiger charge is -2.30. The predicted octanol–water partition coefficient (Wildman–Crippen LogP) is 1.71. The van der Waals surface area contributed by atoms with Crippen LogP contribution in [-0.4, -0.2) is 53.4 Å². The largest absolute Gasteiger partial charge is 0.481 e. The molecule has 6 nitrogen and oxygen atoms in total. The molecule has 0 aliphatic carbocycles. The number of carbonyl (C=O) groups is 2. The Kier molecular flexibility index (Phi) is 6.68. The summed E-state index contributed by atoms with van der Waals surface area (Å²) in [7, 11) is 0. The number of aliphatic hydroxyl groups excluding tert-OH is 1. The molecular weight excluding hydrogens is 272 g/mol. The normalized spacial score (nSPS) is 10.2. The Morgan fingerprint density at radius 3 is 2.38 bits per heavy atom. The third-order valence-corrected chi connectivity index (χ3v) is 3.21. The first kappa shape index (κ1) is 17.0. The summed E-state index contributed by atoms with van der Waals surface area (Å²) in [4.78, 5) is 26.3. The summed E-state index contributed by atoms with van der Waals surface area (Å²) in [5.41, 5.74) is 1.59. The summed E-state index contributed by atoms with van der Waals surface area (Å²) in [5.74, 6) is -0.952. The molecule has 2 N–H and O–H groups in total. The van der Waals surface area contributed by atoms with Crippen LogP contribution in [0, 0.1) is 6.92 Å². The van der Waals surface area contributed by atoms with Crippen molar-refractivity contribution in [2.75, 3.05) is 31.1 Å². The maximum atomic E-state index is 12.6. The average Bonchev–Trinajstić information content (AvgIpc) is 2.46. The van der Waals surface area contributed by atoms with Crippen molar-refractivity contribution in [1.29, 1.82) is 0 Å². The topological polar surface area (TPSA) is 81.1 Å². The van der Waals surface area contributed by atoms with Crippen molar-refractivity contribution in [1.82, 2.24) is 4.90 Å². The van der Waals surface area contributed by atoms with Crippen molar-refractivity contribution in [3.05, 3.63) is 29.8 Å². The molecule has 1 aromatic carbocycles. The molecule has 21 heavy (non-hydrogen) atoms. The zero-order valence-corrected chi connectivity index (χ0v) is 12.5. The monoisotopic (exact) mass is 294 g/mol. The van der Waals surface area contributed by atoms with Gasteiger partial charge >= 0.3 is 12.0 Å². The smallest absolute Gasteiger partial charge is 0.324 e. The standard InChI is InChI=1S/C15H22N2O4/c1-3-16(10-11-18)15(21)17(9-8-14(19)20)13-7-5-4-6-12(13)2/h4-7,18H,3,8-11H2,1-2H3,(H,19,20). The van der Waals surface area contributed by atoms with Crippen molar-refractivity contribution in [2.45, 2.75) is 20.3 Å². The number of aryl methyl sites for hydroxylation is 1. The highest BCUT2D eigenvalue weighted by Crippen LogP contribution is 2.21. The van der Waals surface area contributed by atoms with Crippen molar-refractivity contribution >= 4 is 17.7 Å². The maximum absolute atomic E-state index is 12.6. The summed E-state index contributed by atoms with van der Waals surface area (Å²) in [5, 5.41) is 17.9. The molecule has 0 atom stereocenters. The van der Waals surface area contributed by atoms with Gasteiger partial charge in [-0.25, -0.2) is 4.79 Å². The molecule has 0 saturated carbocycles. The molecule has 0 saturated heterocycles. The first-order chi connectivity index (χ1) is 10.0. The number of amides is 2. The summed E-state index contributed by atoms with van der Waals surface area (Å²) in [6.45, 7) is 4.35. The van der Waals surface area contributed by atoms with E-state index in [1.807, 2.05) is 32.0 Å². The van der Waals surface area contributed by atoms with Crippen LogP contribution < -0.4 is 4.90 Å². The van der Waals surface area contributed by atoms with E-state index < -0.39 is 5.97 Å². The minimum atomic E-state index is -0.952. The number of hydrogen-bond acceptors (Lipinski definition) is 3. The Bertz CT molecular complexity index is 490. The highest BCUT2D eigenvalue weighted by atomic mass is 16.4. The van der Waals surface area contributed by atoms with E-state index in [1.165, 1.54) is 9.80 Å². The van der Waals surface area contributed by atoms with Gasteiger partial charge in [0.25, 0.3) is 0 Å². The second-order valence-corrected chi connectivity index (χ2v) is 4.67. The molecule has 0 spiro atoms. The number of rotatable bonds is 7. The van der Waals surface area contributed by atoms with Gasteiger partial charge in [0.2, 0.25) is 0 Å². The predicted molar refractivity (Wildman–Crippen MR) is 80.5 cm³/mol. The Morgan fingerprint density at radius 2 is 1.86 bits per heavy atom. The van der Waals surface area contributed by atoms with Crippen molar-refractivity contribution in [3.63, 3.8) is 0 Å². The molecule has 6 heteroatoms. The molecular formula is C15H22N2O4. The third-order valence-electron chi connectivity index (χ3n) is 3.21. The SMILES string of the molecule is CCN(CCO)C(=O)N(CCC(=O)O)c1ccccc1C. The van der Waals surface area contributed by atoms with Gasteiger partial charge in [-0.15, -0.1) is 0 Å². The summed E-state index contributed by atoms with van der Waals surface area (Å²) < 4.78 is 0. The van der Waals surface area contributed by atoms with Gasteiger partial charge in [0.05, 0.1) is 13.0 Å². The molecule has 116 valence electrons. The zero-order valence-electron chi connectivity index (χ0n) is 12.5.